The molecule has 0 radical (unpaired) electrons. The summed E-state index contributed by atoms with van der Waals surface area (Å²) in [7, 11) is 1.75. The summed E-state index contributed by atoms with van der Waals surface area (Å²) in [5.41, 5.74) is 1.60. The van der Waals surface area contributed by atoms with Crippen LogP contribution in [0.3, 0.4) is 0 Å². The number of likely N-dealkylation sites (tertiary alicyclic amines) is 1. The lowest BCUT2D eigenvalue weighted by atomic mass is 9.93. The molecule has 140 valence electrons. The number of hydrogen-bond acceptors (Lipinski definition) is 4. The Morgan fingerprint density at radius 1 is 1.07 bits per heavy atom. The lowest BCUT2D eigenvalue weighted by molar-refractivity contribution is -0.127. The standard InChI is InChI=1S/C21H22N2O4/c1-23-19(24)13-16(20(23)14-6-3-2-4-7-14)21(25)22-15-8-9-17-18(12-15)27-11-5-10-26-17/h2-4,6-9,12,16,20H,5,10-11,13H2,1H3,(H,22,25)/t16-,20+/m0/s1. The van der Waals surface area contributed by atoms with Gasteiger partial charge < -0.3 is 19.7 Å². The highest BCUT2D eigenvalue weighted by Gasteiger charge is 2.42. The maximum Gasteiger partial charge on any atom is 0.230 e. The topological polar surface area (TPSA) is 67.9 Å². The average Bonchev–Trinajstić information content (AvgIpc) is 2.85. The Bertz CT molecular complexity index is 853. The molecule has 2 atom stereocenters. The van der Waals surface area contributed by atoms with Gasteiger partial charge in [-0.15, -0.1) is 0 Å². The summed E-state index contributed by atoms with van der Waals surface area (Å²) in [4.78, 5) is 26.9. The highest BCUT2D eigenvalue weighted by atomic mass is 16.5. The number of nitrogens with one attached hydrogen (secondary N) is 1. The number of amides is 2. The van der Waals surface area contributed by atoms with Crippen molar-refractivity contribution >= 4 is 17.5 Å². The maximum absolute atomic E-state index is 13.0. The molecule has 0 unspecified atom stereocenters. The summed E-state index contributed by atoms with van der Waals surface area (Å²) in [6.45, 7) is 1.20. The summed E-state index contributed by atoms with van der Waals surface area (Å²) in [6, 6.07) is 14.8. The average molecular weight is 366 g/mol. The molecule has 1 fully saturated rings. The SMILES string of the molecule is CN1C(=O)C[C@H](C(=O)Nc2ccc3c(c2)OCCCO3)[C@H]1c1ccccc1. The highest BCUT2D eigenvalue weighted by Crippen LogP contribution is 2.38. The molecule has 4 rings (SSSR count). The van der Waals surface area contributed by atoms with Crippen LogP contribution in [0.15, 0.2) is 48.5 Å². The summed E-state index contributed by atoms with van der Waals surface area (Å²) in [5.74, 6) is 0.674. The lowest BCUT2D eigenvalue weighted by Crippen LogP contribution is -2.30. The van der Waals surface area contributed by atoms with Gasteiger partial charge in [-0.25, -0.2) is 0 Å². The summed E-state index contributed by atoms with van der Waals surface area (Å²) < 4.78 is 11.3. The summed E-state index contributed by atoms with van der Waals surface area (Å²) >= 11 is 0. The van der Waals surface area contributed by atoms with Crippen LogP contribution >= 0.6 is 0 Å². The zero-order chi connectivity index (χ0) is 18.8. The van der Waals surface area contributed by atoms with Crippen LogP contribution < -0.4 is 14.8 Å². The van der Waals surface area contributed by atoms with Gasteiger partial charge in [-0.05, 0) is 17.7 Å². The van der Waals surface area contributed by atoms with Crippen LogP contribution in [-0.2, 0) is 9.59 Å². The number of carbonyl (C=O) groups excluding carboxylic acids is 2. The van der Waals surface area contributed by atoms with Crippen molar-refractivity contribution in [1.82, 2.24) is 4.90 Å². The first-order valence-corrected chi connectivity index (χ1v) is 9.14. The van der Waals surface area contributed by atoms with Gasteiger partial charge in [0.2, 0.25) is 11.8 Å². The van der Waals surface area contributed by atoms with Crippen molar-refractivity contribution in [1.29, 1.82) is 0 Å². The summed E-state index contributed by atoms with van der Waals surface area (Å²) in [5, 5.41) is 2.94. The number of hydrogen-bond donors (Lipinski definition) is 1. The molecule has 0 aliphatic carbocycles. The van der Waals surface area contributed by atoms with Gasteiger partial charge in [-0.3, -0.25) is 9.59 Å². The fourth-order valence-electron chi connectivity index (χ4n) is 3.69. The van der Waals surface area contributed by atoms with E-state index in [9.17, 15) is 9.59 Å². The van der Waals surface area contributed by atoms with Gasteiger partial charge in [0.25, 0.3) is 0 Å². The molecule has 2 aromatic carbocycles. The molecule has 0 saturated carbocycles. The van der Waals surface area contributed by atoms with E-state index in [4.69, 9.17) is 9.47 Å². The molecule has 2 aliphatic rings. The third-order valence-corrected chi connectivity index (χ3v) is 5.08. The van der Waals surface area contributed by atoms with Crippen LogP contribution in [0.2, 0.25) is 0 Å². The van der Waals surface area contributed by atoms with Crippen LogP contribution in [0.25, 0.3) is 0 Å². The smallest absolute Gasteiger partial charge is 0.230 e. The van der Waals surface area contributed by atoms with E-state index in [2.05, 4.69) is 5.32 Å². The van der Waals surface area contributed by atoms with Gasteiger partial charge in [0.05, 0.1) is 25.2 Å². The van der Waals surface area contributed by atoms with Gasteiger partial charge in [0, 0.05) is 31.6 Å². The first-order chi connectivity index (χ1) is 13.1. The third kappa shape index (κ3) is 3.47. The Morgan fingerprint density at radius 2 is 1.81 bits per heavy atom. The Balaban J connectivity index is 1.55. The van der Waals surface area contributed by atoms with Crippen LogP contribution in [-0.4, -0.2) is 37.0 Å². The Labute approximate surface area is 158 Å². The van der Waals surface area contributed by atoms with Crippen molar-refractivity contribution in [2.24, 2.45) is 5.92 Å². The molecule has 0 bridgehead atoms. The fourth-order valence-corrected chi connectivity index (χ4v) is 3.69. The number of carbonyl (C=O) groups is 2. The van der Waals surface area contributed by atoms with Crippen molar-refractivity contribution in [3.8, 4) is 11.5 Å². The molecule has 2 aromatic rings. The summed E-state index contributed by atoms with van der Waals surface area (Å²) in [6.07, 6.45) is 1.03. The fraction of sp³-hybridized carbons (Fsp3) is 0.333. The Morgan fingerprint density at radius 3 is 2.59 bits per heavy atom. The normalized spacial score (nSPS) is 21.7. The second-order valence-corrected chi connectivity index (χ2v) is 6.87. The minimum Gasteiger partial charge on any atom is -0.490 e. The molecule has 2 amide bonds. The van der Waals surface area contributed by atoms with E-state index in [0.717, 1.165) is 12.0 Å². The van der Waals surface area contributed by atoms with E-state index in [-0.39, 0.29) is 24.3 Å². The van der Waals surface area contributed by atoms with Crippen molar-refractivity contribution < 1.29 is 19.1 Å². The number of nitrogens with zero attached hydrogens (tertiary/aromatic N) is 1. The monoisotopic (exact) mass is 366 g/mol. The van der Waals surface area contributed by atoms with Gasteiger partial charge in [0.1, 0.15) is 0 Å². The van der Waals surface area contributed by atoms with Crippen LogP contribution in [0.1, 0.15) is 24.4 Å². The molecule has 0 spiro atoms. The van der Waals surface area contributed by atoms with Gasteiger partial charge >= 0.3 is 0 Å². The van der Waals surface area contributed by atoms with Gasteiger partial charge in [0.15, 0.2) is 11.5 Å². The maximum atomic E-state index is 13.0. The number of anilines is 1. The van der Waals surface area contributed by atoms with E-state index in [1.807, 2.05) is 30.3 Å². The van der Waals surface area contributed by atoms with E-state index in [1.165, 1.54) is 0 Å². The predicted octanol–water partition coefficient (Wildman–Crippen LogP) is 3.01. The lowest BCUT2D eigenvalue weighted by Gasteiger charge is -2.25. The molecule has 0 aromatic heterocycles. The molecule has 2 aliphatic heterocycles. The van der Waals surface area contributed by atoms with Crippen molar-refractivity contribution in [3.05, 3.63) is 54.1 Å². The quantitative estimate of drug-likeness (QED) is 0.907. The number of fused-ring (bicyclic) bond motifs is 1. The third-order valence-electron chi connectivity index (χ3n) is 5.08. The highest BCUT2D eigenvalue weighted by molar-refractivity contribution is 5.98. The molecule has 6 nitrogen and oxygen atoms in total. The second kappa shape index (κ2) is 7.31. The molecular formula is C21H22N2O4. The van der Waals surface area contributed by atoms with Crippen molar-refractivity contribution in [3.63, 3.8) is 0 Å². The molecule has 1 N–H and O–H groups in total. The first-order valence-electron chi connectivity index (χ1n) is 9.14. The number of ether oxygens (including phenoxy) is 2. The predicted molar refractivity (Wildman–Crippen MR) is 101 cm³/mol. The molecule has 6 heteroatoms. The van der Waals surface area contributed by atoms with E-state index >= 15 is 0 Å². The zero-order valence-electron chi connectivity index (χ0n) is 15.2. The van der Waals surface area contributed by atoms with E-state index < -0.39 is 5.92 Å². The van der Waals surface area contributed by atoms with E-state index in [0.29, 0.717) is 30.4 Å². The van der Waals surface area contributed by atoms with Crippen molar-refractivity contribution in [2.45, 2.75) is 18.9 Å². The minimum atomic E-state index is -0.444. The van der Waals surface area contributed by atoms with Gasteiger partial charge in [-0.2, -0.15) is 0 Å². The minimum absolute atomic E-state index is 0.0253. The Kier molecular flexibility index (Phi) is 4.71. The van der Waals surface area contributed by atoms with Gasteiger partial charge in [-0.1, -0.05) is 30.3 Å². The van der Waals surface area contributed by atoms with Crippen LogP contribution in [0.5, 0.6) is 11.5 Å². The largest absolute Gasteiger partial charge is 0.490 e. The second-order valence-electron chi connectivity index (χ2n) is 6.87. The van der Waals surface area contributed by atoms with Crippen LogP contribution in [0.4, 0.5) is 5.69 Å². The first kappa shape index (κ1) is 17.4. The molecule has 1 saturated heterocycles. The molecule has 2 heterocycles. The zero-order valence-corrected chi connectivity index (χ0v) is 15.2. The van der Waals surface area contributed by atoms with E-state index in [1.54, 1.807) is 30.1 Å². The van der Waals surface area contributed by atoms with Crippen molar-refractivity contribution in [2.75, 3.05) is 25.6 Å². The number of rotatable bonds is 3. The molecular weight excluding hydrogens is 344 g/mol. The van der Waals surface area contributed by atoms with Crippen LogP contribution in [0, 0.1) is 5.92 Å². The Hall–Kier alpha value is -3.02. The molecule has 27 heavy (non-hydrogen) atoms. The number of benzene rings is 2.